The SMILES string of the molecule is Cn1ncc(C(=O)N2CCSCC2C(=O)O)c1NC(=O)OCC1c2ccccc2-c2ccccc21. The average Bonchev–Trinajstić information content (AvgIpc) is 3.40. The van der Waals surface area contributed by atoms with E-state index in [1.807, 2.05) is 36.4 Å². The van der Waals surface area contributed by atoms with Crippen LogP contribution < -0.4 is 5.32 Å². The van der Waals surface area contributed by atoms with E-state index >= 15 is 0 Å². The van der Waals surface area contributed by atoms with Crippen LogP contribution in [-0.2, 0) is 16.6 Å². The number of ether oxygens (including phenoxy) is 1. The van der Waals surface area contributed by atoms with Crippen molar-refractivity contribution in [3.63, 3.8) is 0 Å². The minimum atomic E-state index is -1.06. The molecule has 2 N–H and O–H groups in total. The number of amides is 2. The van der Waals surface area contributed by atoms with E-state index in [9.17, 15) is 19.5 Å². The molecule has 1 saturated heterocycles. The van der Waals surface area contributed by atoms with Gasteiger partial charge in [-0.2, -0.15) is 16.9 Å². The highest BCUT2D eigenvalue weighted by Crippen LogP contribution is 2.44. The maximum atomic E-state index is 13.2. The molecule has 2 heterocycles. The monoisotopic (exact) mass is 492 g/mol. The van der Waals surface area contributed by atoms with E-state index in [2.05, 4.69) is 22.5 Å². The molecule has 0 radical (unpaired) electrons. The Morgan fingerprint density at radius 1 is 1.11 bits per heavy atom. The van der Waals surface area contributed by atoms with E-state index < -0.39 is 24.0 Å². The third-order valence-corrected chi connectivity index (χ3v) is 7.43. The largest absolute Gasteiger partial charge is 0.480 e. The predicted octanol–water partition coefficient (Wildman–Crippen LogP) is 3.42. The molecule has 5 rings (SSSR count). The number of fused-ring (bicyclic) bond motifs is 3. The van der Waals surface area contributed by atoms with E-state index in [-0.39, 0.29) is 23.9 Å². The lowest BCUT2D eigenvalue weighted by molar-refractivity contribution is -0.141. The zero-order chi connectivity index (χ0) is 24.5. The molecule has 0 bridgehead atoms. The Labute approximate surface area is 206 Å². The molecule has 35 heavy (non-hydrogen) atoms. The summed E-state index contributed by atoms with van der Waals surface area (Å²) >= 11 is 1.49. The minimum Gasteiger partial charge on any atom is -0.480 e. The highest BCUT2D eigenvalue weighted by atomic mass is 32.2. The van der Waals surface area contributed by atoms with Crippen LogP contribution in [0.2, 0.25) is 0 Å². The molecule has 1 aromatic heterocycles. The number of hydrogen-bond donors (Lipinski definition) is 2. The van der Waals surface area contributed by atoms with Gasteiger partial charge >= 0.3 is 12.1 Å². The molecule has 2 aromatic carbocycles. The van der Waals surface area contributed by atoms with Crippen molar-refractivity contribution < 1.29 is 24.2 Å². The standard InChI is InChI=1S/C25H24N4O5S/c1-28-22(19(12-26-28)23(30)29-10-11-35-14-21(29)24(31)32)27-25(33)34-13-20-17-8-4-2-6-15(17)16-7-3-5-9-18(16)20/h2-9,12,20-21H,10-11,13-14H2,1H3,(H,27,33)(H,31,32). The summed E-state index contributed by atoms with van der Waals surface area (Å²) in [5.41, 5.74) is 4.58. The number of rotatable bonds is 5. The molecule has 2 aliphatic rings. The van der Waals surface area contributed by atoms with E-state index in [0.717, 1.165) is 22.3 Å². The minimum absolute atomic E-state index is 0.0945. The van der Waals surface area contributed by atoms with Gasteiger partial charge < -0.3 is 14.7 Å². The normalized spacial score (nSPS) is 16.9. The third kappa shape index (κ3) is 4.25. The van der Waals surface area contributed by atoms with Crippen molar-refractivity contribution in [2.75, 3.05) is 30.0 Å². The highest BCUT2D eigenvalue weighted by molar-refractivity contribution is 7.99. The maximum absolute atomic E-state index is 13.2. The molecule has 9 nitrogen and oxygen atoms in total. The maximum Gasteiger partial charge on any atom is 0.412 e. The molecule has 1 atom stereocenters. The Bertz CT molecular complexity index is 1260. The fraction of sp³-hybridized carbons (Fsp3) is 0.280. The van der Waals surface area contributed by atoms with Crippen LogP contribution in [0, 0.1) is 0 Å². The van der Waals surface area contributed by atoms with Gasteiger partial charge in [0, 0.05) is 31.0 Å². The number of benzene rings is 2. The van der Waals surface area contributed by atoms with Gasteiger partial charge in [0.2, 0.25) is 0 Å². The average molecular weight is 493 g/mol. The van der Waals surface area contributed by atoms with Crippen molar-refractivity contribution in [2.24, 2.45) is 7.05 Å². The van der Waals surface area contributed by atoms with Gasteiger partial charge in [-0.25, -0.2) is 9.59 Å². The number of carboxylic acids is 1. The summed E-state index contributed by atoms with van der Waals surface area (Å²) in [6.07, 6.45) is 0.621. The van der Waals surface area contributed by atoms with Crippen molar-refractivity contribution in [3.8, 4) is 11.1 Å². The first kappa shape index (κ1) is 23.0. The molecule has 10 heteroatoms. The Morgan fingerprint density at radius 2 is 1.77 bits per heavy atom. The lowest BCUT2D eigenvalue weighted by Crippen LogP contribution is -2.50. The van der Waals surface area contributed by atoms with Crippen LogP contribution in [-0.4, -0.2) is 68.5 Å². The Hall–Kier alpha value is -3.79. The van der Waals surface area contributed by atoms with Crippen LogP contribution in [0.25, 0.3) is 11.1 Å². The van der Waals surface area contributed by atoms with Gasteiger partial charge in [0.05, 0.1) is 6.20 Å². The number of aryl methyl sites for hydroxylation is 1. The first-order chi connectivity index (χ1) is 17.0. The van der Waals surface area contributed by atoms with Gasteiger partial charge in [0.25, 0.3) is 5.91 Å². The molecule has 3 aromatic rings. The molecule has 1 aliphatic carbocycles. The number of anilines is 1. The van der Waals surface area contributed by atoms with Gasteiger partial charge in [-0.15, -0.1) is 0 Å². The van der Waals surface area contributed by atoms with E-state index in [0.29, 0.717) is 18.1 Å². The van der Waals surface area contributed by atoms with Crippen molar-refractivity contribution in [3.05, 3.63) is 71.4 Å². The van der Waals surface area contributed by atoms with Crippen molar-refractivity contribution in [1.82, 2.24) is 14.7 Å². The summed E-state index contributed by atoms with van der Waals surface area (Å²) in [5, 5.41) is 16.3. The summed E-state index contributed by atoms with van der Waals surface area (Å²) in [6, 6.07) is 15.2. The fourth-order valence-corrected chi connectivity index (χ4v) is 5.72. The van der Waals surface area contributed by atoms with Crippen molar-refractivity contribution >= 4 is 35.5 Å². The van der Waals surface area contributed by atoms with Crippen molar-refractivity contribution in [1.29, 1.82) is 0 Å². The number of hydrogen-bond acceptors (Lipinski definition) is 6. The smallest absolute Gasteiger partial charge is 0.412 e. The van der Waals surface area contributed by atoms with Crippen LogP contribution in [0.4, 0.5) is 10.6 Å². The molecule has 0 spiro atoms. The van der Waals surface area contributed by atoms with Crippen LogP contribution >= 0.6 is 11.8 Å². The molecule has 1 aliphatic heterocycles. The van der Waals surface area contributed by atoms with Gasteiger partial charge in [0.15, 0.2) is 0 Å². The first-order valence-electron chi connectivity index (χ1n) is 11.2. The van der Waals surface area contributed by atoms with Crippen LogP contribution in [0.15, 0.2) is 54.7 Å². The van der Waals surface area contributed by atoms with Gasteiger partial charge in [0.1, 0.15) is 24.0 Å². The number of nitrogens with one attached hydrogen (secondary N) is 1. The summed E-state index contributed by atoms with van der Waals surface area (Å²) in [6.45, 7) is 0.436. The Kier molecular flexibility index (Phi) is 6.21. The summed E-state index contributed by atoms with van der Waals surface area (Å²) in [5.74, 6) is -0.515. The topological polar surface area (TPSA) is 114 Å². The lowest BCUT2D eigenvalue weighted by Gasteiger charge is -2.32. The molecule has 1 fully saturated rings. The fourth-order valence-electron chi connectivity index (χ4n) is 4.68. The van der Waals surface area contributed by atoms with Crippen LogP contribution in [0.3, 0.4) is 0 Å². The molecular weight excluding hydrogens is 468 g/mol. The van der Waals surface area contributed by atoms with Gasteiger partial charge in [-0.1, -0.05) is 48.5 Å². The molecule has 0 saturated carbocycles. The zero-order valence-electron chi connectivity index (χ0n) is 19.0. The summed E-state index contributed by atoms with van der Waals surface area (Å²) in [4.78, 5) is 38.9. The van der Waals surface area contributed by atoms with Crippen LogP contribution in [0.1, 0.15) is 27.4 Å². The number of aliphatic carboxylic acids is 1. The number of carbonyl (C=O) groups excluding carboxylic acids is 2. The second-order valence-electron chi connectivity index (χ2n) is 8.41. The summed E-state index contributed by atoms with van der Waals surface area (Å²) in [7, 11) is 1.59. The number of nitrogens with zero attached hydrogens (tertiary/aromatic N) is 3. The highest BCUT2D eigenvalue weighted by Gasteiger charge is 2.35. The van der Waals surface area contributed by atoms with Gasteiger partial charge in [-0.05, 0) is 22.3 Å². The summed E-state index contributed by atoms with van der Waals surface area (Å²) < 4.78 is 6.96. The molecular formula is C25H24N4O5S. The Morgan fingerprint density at radius 3 is 2.43 bits per heavy atom. The molecule has 180 valence electrons. The van der Waals surface area contributed by atoms with E-state index in [1.54, 1.807) is 7.05 Å². The number of carboxylic acid groups (broad SMARTS) is 1. The second kappa shape index (κ2) is 9.46. The zero-order valence-corrected chi connectivity index (χ0v) is 19.8. The third-order valence-electron chi connectivity index (χ3n) is 6.41. The van der Waals surface area contributed by atoms with Crippen LogP contribution in [0.5, 0.6) is 0 Å². The molecule has 2 amide bonds. The van der Waals surface area contributed by atoms with E-state index in [1.165, 1.54) is 27.5 Å². The number of carbonyl (C=O) groups is 3. The molecule has 1 unspecified atom stereocenters. The number of thioether (sulfide) groups is 1. The number of aromatic nitrogens is 2. The quantitative estimate of drug-likeness (QED) is 0.561. The lowest BCUT2D eigenvalue weighted by atomic mass is 9.98. The van der Waals surface area contributed by atoms with Gasteiger partial charge in [-0.3, -0.25) is 14.8 Å². The van der Waals surface area contributed by atoms with E-state index in [4.69, 9.17) is 4.74 Å². The Balaban J connectivity index is 1.31. The predicted molar refractivity (Wildman–Crippen MR) is 132 cm³/mol. The second-order valence-corrected chi connectivity index (χ2v) is 9.56. The first-order valence-corrected chi connectivity index (χ1v) is 12.4. The van der Waals surface area contributed by atoms with Crippen molar-refractivity contribution in [2.45, 2.75) is 12.0 Å².